The van der Waals surface area contributed by atoms with Crippen LogP contribution in [0.1, 0.15) is 12.8 Å². The molecule has 1 fully saturated rings. The molecule has 0 amide bonds. The second-order valence-electron chi connectivity index (χ2n) is 3.52. The van der Waals surface area contributed by atoms with E-state index in [0.29, 0.717) is 0 Å². The largest absolute Gasteiger partial charge is 0.385 e. The lowest BCUT2D eigenvalue weighted by molar-refractivity contribution is 0.158. The highest BCUT2D eigenvalue weighted by Gasteiger charge is 2.27. The van der Waals surface area contributed by atoms with Gasteiger partial charge in [-0.1, -0.05) is 0 Å². The molecule has 1 aliphatic rings. The molecule has 0 bridgehead atoms. The molecule has 0 radical (unpaired) electrons. The number of nitrogens with one attached hydrogen (secondary N) is 1. The lowest BCUT2D eigenvalue weighted by Gasteiger charge is -2.31. The number of likely N-dealkylation sites (tertiary alicyclic amines) is 1. The summed E-state index contributed by atoms with van der Waals surface area (Å²) < 4.78 is 13.2. The Bertz CT molecular complexity index is 172. The molecule has 3 N–H and O–H groups in total. The Morgan fingerprint density at radius 1 is 1.75 bits per heavy atom. The zero-order valence-electron chi connectivity index (χ0n) is 7.39. The van der Waals surface area contributed by atoms with E-state index in [1.165, 1.54) is 0 Å². The summed E-state index contributed by atoms with van der Waals surface area (Å²) in [6.45, 7) is 1.75. The Hall–Kier alpha value is -0.640. The van der Waals surface area contributed by atoms with Gasteiger partial charge in [-0.2, -0.15) is 0 Å². The molecule has 3 nitrogen and oxygen atoms in total. The van der Waals surface area contributed by atoms with Gasteiger partial charge in [0.25, 0.3) is 0 Å². The van der Waals surface area contributed by atoms with Crippen molar-refractivity contribution < 1.29 is 4.39 Å². The first-order valence-corrected chi connectivity index (χ1v) is 4.28. The van der Waals surface area contributed by atoms with Gasteiger partial charge in [0, 0.05) is 12.5 Å². The maximum Gasteiger partial charge on any atom is 0.160 e. The summed E-state index contributed by atoms with van der Waals surface area (Å²) in [7, 11) is 1.97. The predicted molar refractivity (Wildman–Crippen MR) is 47.0 cm³/mol. The molecule has 4 heteroatoms. The van der Waals surface area contributed by atoms with Crippen LogP contribution in [-0.2, 0) is 0 Å². The van der Waals surface area contributed by atoms with E-state index in [0.717, 1.165) is 25.9 Å². The van der Waals surface area contributed by atoms with Gasteiger partial charge in [-0.25, -0.2) is 4.39 Å². The van der Waals surface area contributed by atoms with Crippen molar-refractivity contribution in [1.29, 1.82) is 5.41 Å². The number of halogens is 1. The van der Waals surface area contributed by atoms with Crippen molar-refractivity contribution >= 4 is 5.84 Å². The van der Waals surface area contributed by atoms with Gasteiger partial charge in [-0.05, 0) is 26.4 Å². The smallest absolute Gasteiger partial charge is 0.160 e. The number of alkyl halides is 1. The van der Waals surface area contributed by atoms with Crippen molar-refractivity contribution in [2.75, 3.05) is 20.1 Å². The van der Waals surface area contributed by atoms with E-state index >= 15 is 0 Å². The predicted octanol–water partition coefficient (Wildman–Crippen LogP) is 0.602. The van der Waals surface area contributed by atoms with E-state index in [-0.39, 0.29) is 11.8 Å². The zero-order valence-corrected chi connectivity index (χ0v) is 7.39. The van der Waals surface area contributed by atoms with Crippen LogP contribution in [0.5, 0.6) is 0 Å². The Morgan fingerprint density at radius 2 is 2.42 bits per heavy atom. The number of nitrogens with two attached hydrogens (primary N) is 1. The van der Waals surface area contributed by atoms with Crippen LogP contribution in [0, 0.1) is 11.3 Å². The highest BCUT2D eigenvalue weighted by molar-refractivity contribution is 5.81. The van der Waals surface area contributed by atoms with Gasteiger partial charge >= 0.3 is 0 Å². The summed E-state index contributed by atoms with van der Waals surface area (Å²) in [6.07, 6.45) is 0.618. The van der Waals surface area contributed by atoms with Crippen LogP contribution in [0.2, 0.25) is 0 Å². The van der Waals surface area contributed by atoms with E-state index in [1.807, 2.05) is 7.05 Å². The second kappa shape index (κ2) is 3.85. The molecule has 0 saturated carbocycles. The average Bonchev–Trinajstić information content (AvgIpc) is 2.03. The molecule has 12 heavy (non-hydrogen) atoms. The molecule has 0 aromatic rings. The minimum atomic E-state index is -1.24. The molecule has 1 saturated heterocycles. The number of piperidine rings is 1. The van der Waals surface area contributed by atoms with E-state index < -0.39 is 6.17 Å². The minimum Gasteiger partial charge on any atom is -0.385 e. The van der Waals surface area contributed by atoms with Gasteiger partial charge in [0.2, 0.25) is 0 Å². The first kappa shape index (κ1) is 9.45. The SMILES string of the molecule is CN1CCCC(C(F)C(=N)N)C1. The van der Waals surface area contributed by atoms with Crippen molar-refractivity contribution in [1.82, 2.24) is 4.90 Å². The topological polar surface area (TPSA) is 53.1 Å². The van der Waals surface area contributed by atoms with Gasteiger partial charge < -0.3 is 10.6 Å². The third kappa shape index (κ3) is 2.17. The summed E-state index contributed by atoms with van der Waals surface area (Å²) >= 11 is 0. The molecular weight excluding hydrogens is 157 g/mol. The minimum absolute atomic E-state index is 0.0683. The van der Waals surface area contributed by atoms with E-state index in [9.17, 15) is 4.39 Å². The van der Waals surface area contributed by atoms with Crippen LogP contribution in [0.15, 0.2) is 0 Å². The van der Waals surface area contributed by atoms with Gasteiger partial charge in [-0.15, -0.1) is 0 Å². The maximum absolute atomic E-state index is 13.2. The third-order valence-electron chi connectivity index (χ3n) is 2.37. The van der Waals surface area contributed by atoms with Gasteiger partial charge in [0.05, 0.1) is 0 Å². The average molecular weight is 173 g/mol. The fraction of sp³-hybridized carbons (Fsp3) is 0.875. The highest BCUT2D eigenvalue weighted by Crippen LogP contribution is 2.20. The molecule has 0 aliphatic carbocycles. The van der Waals surface area contributed by atoms with Crippen LogP contribution in [0.4, 0.5) is 4.39 Å². The second-order valence-corrected chi connectivity index (χ2v) is 3.52. The normalized spacial score (nSPS) is 28.3. The quantitative estimate of drug-likeness (QED) is 0.474. The van der Waals surface area contributed by atoms with Gasteiger partial charge in [0.1, 0.15) is 5.84 Å². The fourth-order valence-electron chi connectivity index (χ4n) is 1.70. The highest BCUT2D eigenvalue weighted by atomic mass is 19.1. The molecule has 1 aliphatic heterocycles. The molecule has 70 valence electrons. The summed E-state index contributed by atoms with van der Waals surface area (Å²) in [6, 6.07) is 0. The van der Waals surface area contributed by atoms with Crippen molar-refractivity contribution in [3.63, 3.8) is 0 Å². The molecule has 0 aromatic carbocycles. The van der Waals surface area contributed by atoms with E-state index in [2.05, 4.69) is 4.90 Å². The number of nitrogens with zero attached hydrogens (tertiary/aromatic N) is 1. The third-order valence-corrected chi connectivity index (χ3v) is 2.37. The van der Waals surface area contributed by atoms with Crippen molar-refractivity contribution in [3.8, 4) is 0 Å². The van der Waals surface area contributed by atoms with Gasteiger partial charge in [0.15, 0.2) is 6.17 Å². The molecular formula is C8H16FN3. The Kier molecular flexibility index (Phi) is 3.03. The van der Waals surface area contributed by atoms with Crippen LogP contribution in [0.3, 0.4) is 0 Å². The lowest BCUT2D eigenvalue weighted by atomic mass is 9.93. The number of hydrogen-bond acceptors (Lipinski definition) is 2. The maximum atomic E-state index is 13.2. The summed E-state index contributed by atoms with van der Waals surface area (Å²) in [5, 5.41) is 6.99. The summed E-state index contributed by atoms with van der Waals surface area (Å²) in [5.74, 6) is -0.392. The van der Waals surface area contributed by atoms with E-state index in [4.69, 9.17) is 11.1 Å². The van der Waals surface area contributed by atoms with Crippen LogP contribution in [-0.4, -0.2) is 37.0 Å². The van der Waals surface area contributed by atoms with Crippen LogP contribution in [0.25, 0.3) is 0 Å². The van der Waals surface area contributed by atoms with Crippen LogP contribution < -0.4 is 5.73 Å². The summed E-state index contributed by atoms with van der Waals surface area (Å²) in [4.78, 5) is 2.09. The standard InChI is InChI=1S/C8H16FN3/c1-12-4-2-3-6(5-12)7(9)8(10)11/h6-7H,2-5H2,1H3,(H3,10,11). The number of hydrogen-bond donors (Lipinski definition) is 2. The molecule has 1 rings (SSSR count). The zero-order chi connectivity index (χ0) is 9.14. The van der Waals surface area contributed by atoms with Crippen LogP contribution >= 0.6 is 0 Å². The Morgan fingerprint density at radius 3 is 2.92 bits per heavy atom. The molecule has 2 unspecified atom stereocenters. The molecule has 0 aromatic heterocycles. The summed E-state index contributed by atoms with van der Waals surface area (Å²) in [5.41, 5.74) is 5.10. The van der Waals surface area contributed by atoms with E-state index in [1.54, 1.807) is 0 Å². The first-order valence-electron chi connectivity index (χ1n) is 4.28. The lowest BCUT2D eigenvalue weighted by Crippen LogP contribution is -2.41. The number of amidine groups is 1. The van der Waals surface area contributed by atoms with Gasteiger partial charge in [-0.3, -0.25) is 5.41 Å². The van der Waals surface area contributed by atoms with Crippen molar-refractivity contribution in [3.05, 3.63) is 0 Å². The monoisotopic (exact) mass is 173 g/mol. The Balaban J connectivity index is 2.45. The number of rotatable bonds is 2. The first-order chi connectivity index (χ1) is 5.61. The Labute approximate surface area is 72.2 Å². The molecule has 0 spiro atoms. The molecule has 1 heterocycles. The van der Waals surface area contributed by atoms with Crippen molar-refractivity contribution in [2.45, 2.75) is 19.0 Å². The molecule has 2 atom stereocenters. The van der Waals surface area contributed by atoms with Crippen molar-refractivity contribution in [2.24, 2.45) is 11.7 Å². The fourth-order valence-corrected chi connectivity index (χ4v) is 1.70.